The summed E-state index contributed by atoms with van der Waals surface area (Å²) in [6.07, 6.45) is 0.574. The maximum absolute atomic E-state index is 13.5. The zero-order chi connectivity index (χ0) is 29.5. The number of carbonyl (C=O) groups is 3. The smallest absolute Gasteiger partial charge is 0.247 e. The third-order valence-corrected chi connectivity index (χ3v) is 7.43. The van der Waals surface area contributed by atoms with Gasteiger partial charge >= 0.3 is 0 Å². The third-order valence-electron chi connectivity index (χ3n) is 7.43. The van der Waals surface area contributed by atoms with E-state index in [1.165, 1.54) is 25.2 Å². The Kier molecular flexibility index (Phi) is 9.98. The van der Waals surface area contributed by atoms with Gasteiger partial charge in [-0.15, -0.1) is 0 Å². The molecule has 0 unspecified atom stereocenters. The van der Waals surface area contributed by atoms with Crippen LogP contribution in [0.5, 0.6) is 17.2 Å². The van der Waals surface area contributed by atoms with E-state index < -0.39 is 30.1 Å². The van der Waals surface area contributed by atoms with E-state index >= 15 is 0 Å². The number of hydrogen-bond acceptors (Lipinski definition) is 9. The van der Waals surface area contributed by atoms with Gasteiger partial charge in [-0.1, -0.05) is 18.2 Å². The number of nitrogens with one attached hydrogen (secondary N) is 1. The summed E-state index contributed by atoms with van der Waals surface area (Å²) >= 11 is 0. The van der Waals surface area contributed by atoms with Crippen LogP contribution in [0.3, 0.4) is 0 Å². The topological polar surface area (TPSA) is 144 Å². The van der Waals surface area contributed by atoms with Gasteiger partial charge in [0, 0.05) is 36.9 Å². The van der Waals surface area contributed by atoms with E-state index in [9.17, 15) is 24.6 Å². The van der Waals surface area contributed by atoms with Crippen molar-refractivity contribution < 1.29 is 43.5 Å². The number of ether oxygens (including phenoxy) is 4. The van der Waals surface area contributed by atoms with E-state index in [1.807, 2.05) is 24.3 Å². The summed E-state index contributed by atoms with van der Waals surface area (Å²) in [7, 11) is 4.51. The largest absolute Gasteiger partial charge is 0.496 e. The monoisotopic (exact) mass is 568 g/mol. The van der Waals surface area contributed by atoms with Gasteiger partial charge in [-0.05, 0) is 36.3 Å². The predicted molar refractivity (Wildman–Crippen MR) is 148 cm³/mol. The second-order valence-electron chi connectivity index (χ2n) is 9.79. The minimum atomic E-state index is -1.23. The van der Waals surface area contributed by atoms with Crippen molar-refractivity contribution in [2.45, 2.75) is 37.0 Å². The van der Waals surface area contributed by atoms with Crippen LogP contribution in [0.15, 0.2) is 48.0 Å². The number of methoxy groups -OCH3 is 3. The third kappa shape index (κ3) is 6.22. The molecule has 1 aliphatic carbocycles. The van der Waals surface area contributed by atoms with E-state index in [4.69, 9.17) is 18.9 Å². The highest BCUT2D eigenvalue weighted by atomic mass is 16.5. The van der Waals surface area contributed by atoms with Gasteiger partial charge in [0.1, 0.15) is 24.2 Å². The van der Waals surface area contributed by atoms with Crippen molar-refractivity contribution >= 4 is 18.1 Å². The average Bonchev–Trinajstić information content (AvgIpc) is 3.39. The van der Waals surface area contributed by atoms with Gasteiger partial charge in [-0.3, -0.25) is 14.4 Å². The molecule has 2 aromatic carbocycles. The number of aldehydes is 1. The lowest BCUT2D eigenvalue weighted by atomic mass is 9.77. The lowest BCUT2D eigenvalue weighted by molar-refractivity contribution is -0.138. The van der Waals surface area contributed by atoms with Gasteiger partial charge in [-0.25, -0.2) is 0 Å². The minimum absolute atomic E-state index is 0.0104. The SMILES string of the molecule is COCCC(=O)N(CCc1ccccc1OC)[C@@H]1C=C(C(=O)NCCO)[C@@H]2c3cc(C=O)cc(OC)c3O[C@@H]2[C@H]1O. The zero-order valence-corrected chi connectivity index (χ0v) is 23.4. The molecule has 1 aliphatic heterocycles. The van der Waals surface area contributed by atoms with Crippen molar-refractivity contribution in [2.75, 3.05) is 47.6 Å². The summed E-state index contributed by atoms with van der Waals surface area (Å²) in [6, 6.07) is 9.68. The molecule has 0 aromatic heterocycles. The average molecular weight is 569 g/mol. The Labute approximate surface area is 238 Å². The van der Waals surface area contributed by atoms with Gasteiger partial charge in [0.05, 0.1) is 45.8 Å². The van der Waals surface area contributed by atoms with Crippen molar-refractivity contribution in [3.63, 3.8) is 0 Å². The van der Waals surface area contributed by atoms with Gasteiger partial charge in [0.2, 0.25) is 11.8 Å². The van der Waals surface area contributed by atoms with Crippen molar-refractivity contribution in [1.82, 2.24) is 10.2 Å². The normalized spacial score (nSPS) is 20.7. The standard InChI is InChI=1S/C30H36N2O9/c1-38-13-9-25(35)32(11-8-19-6-4-5-7-23(19)39-2)22-16-21(30(37)31-10-12-33)26-20-14-18(17-34)15-24(40-3)28(20)41-29(26)27(22)36/h4-7,14-17,22,26-27,29,33,36H,8-13H2,1-3H3,(H,31,37)/t22-,26+,27+,29+/m1/s1. The van der Waals surface area contributed by atoms with E-state index in [0.29, 0.717) is 41.1 Å². The Bertz CT molecular complexity index is 1290. The number of para-hydroxylation sites is 1. The predicted octanol–water partition coefficient (Wildman–Crippen LogP) is 1.25. The van der Waals surface area contributed by atoms with Gasteiger partial charge in [-0.2, -0.15) is 0 Å². The lowest BCUT2D eigenvalue weighted by Crippen LogP contribution is -2.56. The molecule has 2 aromatic rings. The number of carbonyl (C=O) groups excluding carboxylic acids is 3. The fourth-order valence-electron chi connectivity index (χ4n) is 5.48. The Balaban J connectivity index is 1.77. The molecule has 0 fully saturated rings. The Hall–Kier alpha value is -3.93. The first-order valence-corrected chi connectivity index (χ1v) is 13.4. The lowest BCUT2D eigenvalue weighted by Gasteiger charge is -2.41. The molecule has 11 nitrogen and oxygen atoms in total. The molecule has 4 atom stereocenters. The van der Waals surface area contributed by atoms with E-state index in [-0.39, 0.29) is 44.2 Å². The molecule has 4 rings (SSSR count). The molecular weight excluding hydrogens is 532 g/mol. The van der Waals surface area contributed by atoms with Crippen LogP contribution in [-0.4, -0.2) is 99.1 Å². The summed E-state index contributed by atoms with van der Waals surface area (Å²) in [5.41, 5.74) is 1.98. The maximum Gasteiger partial charge on any atom is 0.247 e. The van der Waals surface area contributed by atoms with Crippen molar-refractivity contribution in [1.29, 1.82) is 0 Å². The quantitative estimate of drug-likeness (QED) is 0.304. The first kappa shape index (κ1) is 30.0. The summed E-state index contributed by atoms with van der Waals surface area (Å²) in [6.45, 7) is 0.141. The molecule has 2 amide bonds. The fraction of sp³-hybridized carbons (Fsp3) is 0.433. The summed E-state index contributed by atoms with van der Waals surface area (Å²) in [4.78, 5) is 40.1. The number of aliphatic hydroxyl groups excluding tert-OH is 2. The Morgan fingerprint density at radius 1 is 1.12 bits per heavy atom. The van der Waals surface area contributed by atoms with Gasteiger partial charge < -0.3 is 39.4 Å². The first-order valence-electron chi connectivity index (χ1n) is 13.4. The van der Waals surface area contributed by atoms with Crippen molar-refractivity contribution in [2.24, 2.45) is 0 Å². The van der Waals surface area contributed by atoms with Crippen LogP contribution in [-0.2, 0) is 20.7 Å². The first-order chi connectivity index (χ1) is 19.9. The highest BCUT2D eigenvalue weighted by Crippen LogP contribution is 2.51. The van der Waals surface area contributed by atoms with E-state index in [2.05, 4.69) is 5.32 Å². The molecule has 0 saturated carbocycles. The van der Waals surface area contributed by atoms with Crippen LogP contribution < -0.4 is 19.5 Å². The molecule has 0 spiro atoms. The number of rotatable bonds is 13. The number of aliphatic hydroxyl groups is 2. The number of fused-ring (bicyclic) bond motifs is 3. The summed E-state index contributed by atoms with van der Waals surface area (Å²) < 4.78 is 22.3. The summed E-state index contributed by atoms with van der Waals surface area (Å²) in [5.74, 6) is -0.206. The molecule has 2 aliphatic rings. The van der Waals surface area contributed by atoms with Crippen molar-refractivity contribution in [3.8, 4) is 17.2 Å². The molecule has 0 saturated heterocycles. The number of nitrogens with zero attached hydrogens (tertiary/aromatic N) is 1. The van der Waals surface area contributed by atoms with Crippen LogP contribution in [0.1, 0.15) is 33.8 Å². The van der Waals surface area contributed by atoms with Crippen molar-refractivity contribution in [3.05, 3.63) is 64.7 Å². The molecule has 11 heteroatoms. The highest BCUT2D eigenvalue weighted by molar-refractivity contribution is 5.96. The van der Waals surface area contributed by atoms with Crippen LogP contribution in [0.4, 0.5) is 0 Å². The number of amides is 2. The molecule has 41 heavy (non-hydrogen) atoms. The molecule has 3 N–H and O–H groups in total. The number of hydrogen-bond donors (Lipinski definition) is 3. The Morgan fingerprint density at radius 2 is 1.88 bits per heavy atom. The molecular formula is C30H36N2O9. The zero-order valence-electron chi connectivity index (χ0n) is 23.4. The Morgan fingerprint density at radius 3 is 2.56 bits per heavy atom. The van der Waals surface area contributed by atoms with Crippen LogP contribution in [0, 0.1) is 0 Å². The van der Waals surface area contributed by atoms with E-state index in [0.717, 1.165) is 5.56 Å². The fourth-order valence-corrected chi connectivity index (χ4v) is 5.48. The van der Waals surface area contributed by atoms with Gasteiger partial charge in [0.15, 0.2) is 11.5 Å². The minimum Gasteiger partial charge on any atom is -0.496 e. The van der Waals surface area contributed by atoms with Crippen LogP contribution in [0.2, 0.25) is 0 Å². The summed E-state index contributed by atoms with van der Waals surface area (Å²) in [5, 5.41) is 23.7. The maximum atomic E-state index is 13.5. The molecule has 0 bridgehead atoms. The molecule has 0 radical (unpaired) electrons. The molecule has 1 heterocycles. The molecule has 220 valence electrons. The van der Waals surface area contributed by atoms with E-state index in [1.54, 1.807) is 19.3 Å². The second-order valence-corrected chi connectivity index (χ2v) is 9.79. The van der Waals surface area contributed by atoms with Gasteiger partial charge in [0.25, 0.3) is 0 Å². The number of benzene rings is 2. The second kappa shape index (κ2) is 13.6. The highest BCUT2D eigenvalue weighted by Gasteiger charge is 2.51. The van der Waals surface area contributed by atoms with Crippen LogP contribution >= 0.6 is 0 Å². The van der Waals surface area contributed by atoms with Crippen LogP contribution in [0.25, 0.3) is 0 Å².